The fourth-order valence-electron chi connectivity index (χ4n) is 3.26. The maximum absolute atomic E-state index is 8.49. The fourth-order valence-corrected chi connectivity index (χ4v) is 3.37. The molecule has 34 heavy (non-hydrogen) atoms. The van der Waals surface area contributed by atoms with Crippen molar-refractivity contribution in [2.24, 2.45) is 0 Å². The lowest BCUT2D eigenvalue weighted by Gasteiger charge is -2.17. The van der Waals surface area contributed by atoms with Crippen LogP contribution in [-0.2, 0) is 0 Å². The summed E-state index contributed by atoms with van der Waals surface area (Å²) in [6, 6.07) is 29.9. The topological polar surface area (TPSA) is 115 Å². The molecule has 0 aliphatic rings. The highest BCUT2D eigenvalue weighted by atomic mass is 35.7. The molecule has 4 aromatic rings. The summed E-state index contributed by atoms with van der Waals surface area (Å²) in [4.78, 5) is 0. The van der Waals surface area contributed by atoms with Crippen molar-refractivity contribution in [3.63, 3.8) is 0 Å². The number of halogens is 2. The van der Waals surface area contributed by atoms with Crippen LogP contribution in [0.15, 0.2) is 103 Å². The lowest BCUT2D eigenvalue weighted by Crippen LogP contribution is -2.68. The molecule has 4 rings (SSSR count). The average molecular weight is 502 g/mol. The molecule has 176 valence electrons. The van der Waals surface area contributed by atoms with Gasteiger partial charge in [-0.05, 0) is 60.7 Å². The number of benzene rings is 3. The van der Waals surface area contributed by atoms with Crippen molar-refractivity contribution in [1.82, 2.24) is 0 Å². The number of methoxy groups -OCH3 is 1. The molecule has 0 spiro atoms. The summed E-state index contributed by atoms with van der Waals surface area (Å²) in [6.45, 7) is 0. The van der Waals surface area contributed by atoms with Gasteiger partial charge in [0.25, 0.3) is 0 Å². The molecular weight excluding hydrogens is 481 g/mol. The highest BCUT2D eigenvalue weighted by Gasteiger charge is 2.23. The number of rotatable bonds is 6. The van der Waals surface area contributed by atoms with Gasteiger partial charge in [0.05, 0.1) is 12.1 Å². The zero-order valence-corrected chi connectivity index (χ0v) is 19.6. The molecule has 0 saturated heterocycles. The third-order valence-corrected chi connectivity index (χ3v) is 4.97. The van der Waals surface area contributed by atoms with Gasteiger partial charge in [0, 0.05) is 23.3 Å². The molecule has 0 bridgehead atoms. The predicted octanol–water partition coefficient (Wildman–Crippen LogP) is 1.31. The Hall–Kier alpha value is -3.17. The molecule has 9 heteroatoms. The van der Waals surface area contributed by atoms with E-state index in [9.17, 15) is 0 Å². The van der Waals surface area contributed by atoms with Crippen LogP contribution in [0.25, 0.3) is 0 Å². The largest absolute Gasteiger partial charge is 0.497 e. The van der Waals surface area contributed by atoms with Crippen molar-refractivity contribution in [1.29, 1.82) is 0 Å². The number of hydrogen-bond acceptors (Lipinski definition) is 6. The number of nitrogens with zero attached hydrogens (tertiary/aromatic N) is 1. The van der Waals surface area contributed by atoms with Crippen LogP contribution < -0.4 is 32.7 Å². The summed E-state index contributed by atoms with van der Waals surface area (Å²) in [7, 11) is -3.27. The van der Waals surface area contributed by atoms with E-state index in [0.29, 0.717) is 5.02 Å². The van der Waals surface area contributed by atoms with Gasteiger partial charge < -0.3 is 9.47 Å². The van der Waals surface area contributed by atoms with Crippen LogP contribution in [0.5, 0.6) is 17.2 Å². The van der Waals surface area contributed by atoms with E-state index in [1.54, 1.807) is 7.11 Å². The standard InChI is InChI=1S/C25H21ClNO2.ClHO4/c1-28-22-11-7-19(8-12-22)25(27-17-15-21(26)16-18-27)20-9-13-24(14-10-20)29-23-5-3-2-4-6-23;2-1(3,4)5/h2-18,25H,1H3;(H,2,3,4,5)/q+1;/p-1. The molecule has 1 atom stereocenters. The summed E-state index contributed by atoms with van der Waals surface area (Å²) in [6.07, 6.45) is 3.98. The minimum Gasteiger partial charge on any atom is -0.497 e. The molecule has 1 aromatic heterocycles. The third-order valence-electron chi connectivity index (χ3n) is 4.72. The van der Waals surface area contributed by atoms with E-state index in [2.05, 4.69) is 28.8 Å². The second kappa shape index (κ2) is 11.8. The van der Waals surface area contributed by atoms with Crippen LogP contribution >= 0.6 is 11.6 Å². The first kappa shape index (κ1) is 25.5. The zero-order valence-electron chi connectivity index (χ0n) is 18.0. The van der Waals surface area contributed by atoms with E-state index < -0.39 is 10.2 Å². The monoisotopic (exact) mass is 501 g/mol. The van der Waals surface area contributed by atoms with Crippen LogP contribution in [0.3, 0.4) is 0 Å². The summed E-state index contributed by atoms with van der Waals surface area (Å²) in [5, 5.41) is 0.710. The maximum atomic E-state index is 8.49. The molecule has 7 nitrogen and oxygen atoms in total. The molecule has 0 radical (unpaired) electrons. The first-order chi connectivity index (χ1) is 16.2. The second-order valence-corrected chi connectivity index (χ2v) is 8.19. The number of aromatic nitrogens is 1. The number of hydrogen-bond donors (Lipinski definition) is 0. The third kappa shape index (κ3) is 8.00. The van der Waals surface area contributed by atoms with E-state index in [4.69, 9.17) is 39.7 Å². The van der Waals surface area contributed by atoms with Crippen LogP contribution in [0, 0.1) is 10.2 Å². The summed E-state index contributed by atoms with van der Waals surface area (Å²) < 4.78 is 47.3. The Labute approximate surface area is 204 Å². The van der Waals surface area contributed by atoms with E-state index >= 15 is 0 Å². The Balaban J connectivity index is 0.000000588. The van der Waals surface area contributed by atoms with Crippen LogP contribution in [0.1, 0.15) is 17.2 Å². The first-order valence-electron chi connectivity index (χ1n) is 9.98. The summed E-state index contributed by atoms with van der Waals surface area (Å²) in [5.74, 6) is 2.45. The van der Waals surface area contributed by atoms with Gasteiger partial charge in [0.1, 0.15) is 17.2 Å². The van der Waals surface area contributed by atoms with E-state index in [1.165, 1.54) is 0 Å². The zero-order chi connectivity index (χ0) is 24.6. The molecule has 1 unspecified atom stereocenters. The number of pyridine rings is 1. The van der Waals surface area contributed by atoms with Crippen molar-refractivity contribution in [2.45, 2.75) is 6.04 Å². The Kier molecular flexibility index (Phi) is 8.84. The Morgan fingerprint density at radius 1 is 0.676 bits per heavy atom. The smallest absolute Gasteiger partial charge is 0.208 e. The highest BCUT2D eigenvalue weighted by molar-refractivity contribution is 6.30. The number of ether oxygens (including phenoxy) is 2. The predicted molar refractivity (Wildman–Crippen MR) is 115 cm³/mol. The minimum absolute atomic E-state index is 0.00366. The van der Waals surface area contributed by atoms with Crippen molar-refractivity contribution in [3.05, 3.63) is 120 Å². The van der Waals surface area contributed by atoms with Crippen LogP contribution in [0.2, 0.25) is 5.02 Å². The van der Waals surface area contributed by atoms with Crippen LogP contribution in [0.4, 0.5) is 0 Å². The van der Waals surface area contributed by atoms with Crippen molar-refractivity contribution in [3.8, 4) is 17.2 Å². The van der Waals surface area contributed by atoms with Crippen molar-refractivity contribution in [2.75, 3.05) is 7.11 Å². The lowest BCUT2D eigenvalue weighted by molar-refractivity contribution is -2.00. The highest BCUT2D eigenvalue weighted by Crippen LogP contribution is 2.27. The van der Waals surface area contributed by atoms with Crippen molar-refractivity contribution < 1.29 is 42.9 Å². The quantitative estimate of drug-likeness (QED) is 0.368. The van der Waals surface area contributed by atoms with Crippen molar-refractivity contribution >= 4 is 11.6 Å². The van der Waals surface area contributed by atoms with Gasteiger partial charge in [-0.15, -0.1) is 10.2 Å². The molecule has 0 aliphatic carbocycles. The van der Waals surface area contributed by atoms with E-state index in [-0.39, 0.29) is 6.04 Å². The molecule has 0 saturated carbocycles. The Morgan fingerprint density at radius 3 is 1.59 bits per heavy atom. The fraction of sp³-hybridized carbons (Fsp3) is 0.0800. The molecule has 3 aromatic carbocycles. The molecule has 0 N–H and O–H groups in total. The Morgan fingerprint density at radius 2 is 1.12 bits per heavy atom. The van der Waals surface area contributed by atoms with Crippen LogP contribution in [-0.4, -0.2) is 7.11 Å². The SMILES string of the molecule is COc1ccc(C(c2ccc(Oc3ccccc3)cc2)[n+]2ccc(Cl)cc2)cc1.[O-][Cl+3]([O-])([O-])[O-]. The van der Waals surface area contributed by atoms with Gasteiger partial charge in [-0.3, -0.25) is 0 Å². The summed E-state index contributed by atoms with van der Waals surface area (Å²) in [5.41, 5.74) is 2.29. The summed E-state index contributed by atoms with van der Waals surface area (Å²) >= 11 is 6.10. The normalized spacial score (nSPS) is 11.7. The van der Waals surface area contributed by atoms with Gasteiger partial charge in [0.2, 0.25) is 6.04 Å². The molecular formula is C25H21Cl2NO6. The molecule has 0 fully saturated rings. The average Bonchev–Trinajstić information content (AvgIpc) is 2.82. The molecule has 1 heterocycles. The van der Waals surface area contributed by atoms with Gasteiger partial charge in [0.15, 0.2) is 12.4 Å². The number of para-hydroxylation sites is 1. The second-order valence-electron chi connectivity index (χ2n) is 7.00. The first-order valence-corrected chi connectivity index (χ1v) is 11.6. The molecule has 0 amide bonds. The van der Waals surface area contributed by atoms with Gasteiger partial charge in [-0.25, -0.2) is 18.6 Å². The van der Waals surface area contributed by atoms with E-state index in [0.717, 1.165) is 28.4 Å². The molecule has 0 aliphatic heterocycles. The lowest BCUT2D eigenvalue weighted by atomic mass is 9.98. The van der Waals surface area contributed by atoms with Gasteiger partial charge in [-0.1, -0.05) is 29.8 Å². The minimum atomic E-state index is -4.94. The van der Waals surface area contributed by atoms with Gasteiger partial charge in [-0.2, -0.15) is 4.57 Å². The van der Waals surface area contributed by atoms with E-state index in [1.807, 2.05) is 79.1 Å². The Bertz CT molecular complexity index is 1140. The van der Waals surface area contributed by atoms with Gasteiger partial charge >= 0.3 is 0 Å². The maximum Gasteiger partial charge on any atom is 0.208 e.